The van der Waals surface area contributed by atoms with Crippen molar-refractivity contribution in [1.82, 2.24) is 10.8 Å². The highest BCUT2D eigenvalue weighted by Crippen LogP contribution is 2.28. The summed E-state index contributed by atoms with van der Waals surface area (Å²) in [4.78, 5) is 29.0. The molecule has 0 aliphatic rings. The van der Waals surface area contributed by atoms with Gasteiger partial charge in [0.15, 0.2) is 11.6 Å². The Morgan fingerprint density at radius 2 is 1.45 bits per heavy atom. The van der Waals surface area contributed by atoms with Crippen LogP contribution in [0.3, 0.4) is 0 Å². The zero-order valence-corrected chi connectivity index (χ0v) is 23.0. The summed E-state index contributed by atoms with van der Waals surface area (Å²) in [7, 11) is 0. The van der Waals surface area contributed by atoms with Crippen LogP contribution in [-0.2, 0) is 23.8 Å². The zero-order chi connectivity index (χ0) is 29.5. The molecule has 0 fully saturated rings. The van der Waals surface area contributed by atoms with E-state index in [9.17, 15) is 22.8 Å². The van der Waals surface area contributed by atoms with Crippen molar-refractivity contribution < 1.29 is 46.5 Å². The second-order valence-electron chi connectivity index (χ2n) is 9.44. The molecule has 0 saturated carbocycles. The number of carbonyl (C=O) groups is 2. The Labute approximate surface area is 231 Å². The van der Waals surface area contributed by atoms with Crippen molar-refractivity contribution in [2.24, 2.45) is 0 Å². The van der Waals surface area contributed by atoms with Gasteiger partial charge in [0.2, 0.25) is 0 Å². The summed E-state index contributed by atoms with van der Waals surface area (Å²) in [6, 6.07) is 6.00. The van der Waals surface area contributed by atoms with Gasteiger partial charge in [-0.2, -0.15) is 0 Å². The number of ether oxygens (including phenoxy) is 4. The number of aryl methyl sites for hydroxylation is 1. The molecule has 0 aliphatic carbocycles. The van der Waals surface area contributed by atoms with Crippen molar-refractivity contribution in [3.63, 3.8) is 0 Å². The molecule has 0 bridgehead atoms. The maximum atomic E-state index is 14.5. The molecule has 13 heteroatoms. The van der Waals surface area contributed by atoms with Gasteiger partial charge in [0.1, 0.15) is 11.4 Å². The van der Waals surface area contributed by atoms with Crippen LogP contribution >= 0.6 is 0 Å². The van der Waals surface area contributed by atoms with Gasteiger partial charge in [-0.25, -0.2) is 23.4 Å². The molecule has 0 saturated heterocycles. The van der Waals surface area contributed by atoms with E-state index in [1.54, 1.807) is 33.8 Å². The average molecular weight is 572 g/mol. The highest BCUT2D eigenvalue weighted by atomic mass is 19.2. The van der Waals surface area contributed by atoms with E-state index in [0.717, 1.165) is 12.1 Å². The lowest BCUT2D eigenvalue weighted by Crippen LogP contribution is -2.34. The Morgan fingerprint density at radius 1 is 0.825 bits per heavy atom. The van der Waals surface area contributed by atoms with Gasteiger partial charge in [0, 0.05) is 6.54 Å². The lowest BCUT2D eigenvalue weighted by atomic mass is 10.1. The van der Waals surface area contributed by atoms with E-state index in [1.165, 1.54) is 12.1 Å². The third kappa shape index (κ3) is 12.2. The molecule has 3 N–H and O–H groups in total. The van der Waals surface area contributed by atoms with Crippen LogP contribution in [0.5, 0.6) is 0 Å². The SMILES string of the molecule is Cc1ccc(Nc2c(C(=O)NOCCOCCOCCOCCNC(=O)OC(C)(C)C)ccc(F)c2F)c(F)c1. The molecule has 0 radical (unpaired) electrons. The number of benzene rings is 2. The van der Waals surface area contributed by atoms with Gasteiger partial charge in [-0.15, -0.1) is 0 Å². The Balaban J connectivity index is 1.59. The molecular weight excluding hydrogens is 535 g/mol. The third-order valence-corrected chi connectivity index (χ3v) is 4.88. The van der Waals surface area contributed by atoms with Crippen molar-refractivity contribution in [2.45, 2.75) is 33.3 Å². The minimum atomic E-state index is -1.33. The van der Waals surface area contributed by atoms with Crippen LogP contribution < -0.4 is 16.1 Å². The monoisotopic (exact) mass is 571 g/mol. The van der Waals surface area contributed by atoms with Crippen LogP contribution in [0.1, 0.15) is 36.7 Å². The molecular formula is C27H36F3N3O7. The van der Waals surface area contributed by atoms with E-state index in [4.69, 9.17) is 23.8 Å². The molecule has 2 amide bonds. The molecule has 222 valence electrons. The van der Waals surface area contributed by atoms with Gasteiger partial charge in [-0.3, -0.25) is 9.63 Å². The summed E-state index contributed by atoms with van der Waals surface area (Å²) in [6.45, 7) is 8.95. The maximum absolute atomic E-state index is 14.5. The fourth-order valence-electron chi connectivity index (χ4n) is 3.07. The third-order valence-electron chi connectivity index (χ3n) is 4.88. The van der Waals surface area contributed by atoms with Crippen LogP contribution in [0, 0.1) is 24.4 Å². The molecule has 40 heavy (non-hydrogen) atoms. The normalized spacial score (nSPS) is 11.3. The first kappa shape index (κ1) is 32.8. The second-order valence-corrected chi connectivity index (χ2v) is 9.44. The molecule has 0 unspecified atom stereocenters. The summed E-state index contributed by atoms with van der Waals surface area (Å²) in [5.74, 6) is -4.09. The molecule has 2 aromatic carbocycles. The molecule has 0 heterocycles. The zero-order valence-electron chi connectivity index (χ0n) is 23.0. The number of anilines is 2. The number of rotatable bonds is 16. The highest BCUT2D eigenvalue weighted by Gasteiger charge is 2.20. The van der Waals surface area contributed by atoms with E-state index >= 15 is 0 Å². The topological polar surface area (TPSA) is 116 Å². The van der Waals surface area contributed by atoms with E-state index in [2.05, 4.69) is 16.1 Å². The fraction of sp³-hybridized carbons (Fsp3) is 0.481. The maximum Gasteiger partial charge on any atom is 0.407 e. The van der Waals surface area contributed by atoms with Crippen molar-refractivity contribution >= 4 is 23.4 Å². The number of carbonyl (C=O) groups excluding carboxylic acids is 2. The highest BCUT2D eigenvalue weighted by molar-refractivity contribution is 6.00. The quantitative estimate of drug-likeness (QED) is 0.201. The van der Waals surface area contributed by atoms with Gasteiger partial charge < -0.3 is 29.6 Å². The fourth-order valence-corrected chi connectivity index (χ4v) is 3.07. The summed E-state index contributed by atoms with van der Waals surface area (Å²) in [6.07, 6.45) is -0.506. The molecule has 2 aromatic rings. The standard InChI is InChI=1S/C27H36F3N3O7/c1-18-5-8-22(21(29)17-18)32-24-19(6-7-20(28)23(24)30)25(34)33-39-16-15-38-14-13-37-12-11-36-10-9-31-26(35)40-27(2,3)4/h5-8,17,32H,9-16H2,1-4H3,(H,31,35)(H,33,34). The van der Waals surface area contributed by atoms with Crippen molar-refractivity contribution in [3.8, 4) is 0 Å². The number of hydroxylamine groups is 1. The molecule has 0 atom stereocenters. The number of nitrogens with one attached hydrogen (secondary N) is 3. The summed E-state index contributed by atoms with van der Waals surface area (Å²) >= 11 is 0. The van der Waals surface area contributed by atoms with Crippen LogP contribution in [0.25, 0.3) is 0 Å². The largest absolute Gasteiger partial charge is 0.444 e. The first-order valence-electron chi connectivity index (χ1n) is 12.6. The summed E-state index contributed by atoms with van der Waals surface area (Å²) < 4.78 is 63.6. The predicted molar refractivity (Wildman–Crippen MR) is 141 cm³/mol. The van der Waals surface area contributed by atoms with E-state index in [0.29, 0.717) is 38.5 Å². The van der Waals surface area contributed by atoms with E-state index < -0.39 is 40.7 Å². The molecule has 0 aliphatic heterocycles. The summed E-state index contributed by atoms with van der Waals surface area (Å²) in [5.41, 5.74) is 1.27. The minimum absolute atomic E-state index is 0.0292. The lowest BCUT2D eigenvalue weighted by molar-refractivity contribution is -0.0199. The van der Waals surface area contributed by atoms with Crippen molar-refractivity contribution in [3.05, 3.63) is 58.9 Å². The molecule has 10 nitrogen and oxygen atoms in total. The average Bonchev–Trinajstić information content (AvgIpc) is 2.87. The van der Waals surface area contributed by atoms with Gasteiger partial charge in [0.25, 0.3) is 5.91 Å². The Bertz CT molecular complexity index is 1110. The Hall–Kier alpha value is -3.39. The minimum Gasteiger partial charge on any atom is -0.444 e. The Kier molecular flexibility index (Phi) is 13.7. The van der Waals surface area contributed by atoms with Gasteiger partial charge >= 0.3 is 6.09 Å². The second kappa shape index (κ2) is 16.7. The Morgan fingerprint density at radius 3 is 2.08 bits per heavy atom. The van der Waals surface area contributed by atoms with Crippen molar-refractivity contribution in [2.75, 3.05) is 58.1 Å². The van der Waals surface area contributed by atoms with Crippen LogP contribution in [0.4, 0.5) is 29.3 Å². The summed E-state index contributed by atoms with van der Waals surface area (Å²) in [5, 5.41) is 5.02. The number of hydrogen-bond acceptors (Lipinski definition) is 8. The molecule has 0 spiro atoms. The van der Waals surface area contributed by atoms with Gasteiger partial charge in [0.05, 0.1) is 63.2 Å². The van der Waals surface area contributed by atoms with Gasteiger partial charge in [-0.1, -0.05) is 6.07 Å². The van der Waals surface area contributed by atoms with Crippen LogP contribution in [0.2, 0.25) is 0 Å². The first-order valence-corrected chi connectivity index (χ1v) is 12.6. The van der Waals surface area contributed by atoms with E-state index in [1.807, 2.05) is 0 Å². The number of alkyl carbamates (subject to hydrolysis) is 1. The smallest absolute Gasteiger partial charge is 0.407 e. The lowest BCUT2D eigenvalue weighted by Gasteiger charge is -2.19. The number of halogens is 3. The van der Waals surface area contributed by atoms with Gasteiger partial charge in [-0.05, 0) is 57.5 Å². The molecule has 0 aromatic heterocycles. The van der Waals surface area contributed by atoms with E-state index in [-0.39, 0.29) is 31.1 Å². The van der Waals surface area contributed by atoms with Crippen LogP contribution in [0.15, 0.2) is 30.3 Å². The number of amides is 2. The first-order chi connectivity index (χ1) is 19.0. The van der Waals surface area contributed by atoms with Crippen molar-refractivity contribution in [1.29, 1.82) is 0 Å². The number of hydrogen-bond donors (Lipinski definition) is 3. The van der Waals surface area contributed by atoms with Crippen LogP contribution in [-0.4, -0.2) is 70.4 Å². The molecule has 2 rings (SSSR count). The predicted octanol–water partition coefficient (Wildman–Crippen LogP) is 4.39.